The Labute approximate surface area is 226 Å². The minimum absolute atomic E-state index is 0. The number of ether oxygens (including phenoxy) is 3. The maximum absolute atomic E-state index is 13.7. The van der Waals surface area contributed by atoms with Crippen molar-refractivity contribution in [3.63, 3.8) is 0 Å². The van der Waals surface area contributed by atoms with Gasteiger partial charge >= 0.3 is 35.5 Å². The number of carboxylic acids is 1. The van der Waals surface area contributed by atoms with Gasteiger partial charge in [0.15, 0.2) is 17.2 Å². The molecule has 3 aromatic rings. The first-order valence-electron chi connectivity index (χ1n) is 9.69. The molecule has 8 nitrogen and oxygen atoms in total. The molecule has 11 heteroatoms. The van der Waals surface area contributed by atoms with Crippen molar-refractivity contribution in [1.29, 1.82) is 0 Å². The van der Waals surface area contributed by atoms with Gasteiger partial charge in [-0.05, 0) is 51.8 Å². The van der Waals surface area contributed by atoms with Crippen molar-refractivity contribution in [2.24, 2.45) is 0 Å². The summed E-state index contributed by atoms with van der Waals surface area (Å²) in [6.45, 7) is -0.00592. The van der Waals surface area contributed by atoms with E-state index in [9.17, 15) is 18.3 Å². The van der Waals surface area contributed by atoms with Gasteiger partial charge in [0.25, 0.3) is 10.0 Å². The van der Waals surface area contributed by atoms with Gasteiger partial charge in [-0.25, -0.2) is 17.5 Å². The van der Waals surface area contributed by atoms with Crippen molar-refractivity contribution in [2.45, 2.75) is 4.90 Å². The molecule has 0 bridgehead atoms. The Morgan fingerprint density at radius 1 is 1.09 bits per heavy atom. The topological polar surface area (TPSA) is 102 Å². The van der Waals surface area contributed by atoms with Crippen LogP contribution in [-0.2, 0) is 14.8 Å². The van der Waals surface area contributed by atoms with E-state index in [1.54, 1.807) is 48.5 Å². The summed E-state index contributed by atoms with van der Waals surface area (Å²) in [5, 5.41) is 10.3. The van der Waals surface area contributed by atoms with Gasteiger partial charge in [-0.1, -0.05) is 30.3 Å². The zero-order valence-corrected chi connectivity index (χ0v) is 19.5. The quantitative estimate of drug-likeness (QED) is 0.492. The third-order valence-electron chi connectivity index (χ3n) is 5.34. The third kappa shape index (κ3) is 3.79. The average Bonchev–Trinajstić information content (AvgIpc) is 3.27. The van der Waals surface area contributed by atoms with Gasteiger partial charge in [-0.15, -0.1) is 0 Å². The third-order valence-corrected chi connectivity index (χ3v) is 7.78. The number of methoxy groups -OCH3 is 1. The van der Waals surface area contributed by atoms with Gasteiger partial charge in [0, 0.05) is 15.6 Å². The number of hydrogen-bond acceptors (Lipinski definition) is 6. The van der Waals surface area contributed by atoms with Crippen molar-refractivity contribution in [3.8, 4) is 17.2 Å². The number of sulfonamides is 1. The normalized spacial score (nSPS) is 15.4. The Kier molecular flexibility index (Phi) is 6.71. The summed E-state index contributed by atoms with van der Waals surface area (Å²) in [6, 6.07) is 16.1. The molecule has 0 saturated heterocycles. The minimum atomic E-state index is -4.24. The van der Waals surface area contributed by atoms with Crippen LogP contribution < -0.4 is 18.5 Å². The Balaban J connectivity index is 0.00000274. The number of benzene rings is 3. The van der Waals surface area contributed by atoms with Crippen LogP contribution in [0.3, 0.4) is 0 Å². The van der Waals surface area contributed by atoms with Gasteiger partial charge in [-0.2, -0.15) is 0 Å². The molecule has 0 spiro atoms. The van der Waals surface area contributed by atoms with E-state index in [0.717, 1.165) is 4.31 Å². The van der Waals surface area contributed by atoms with E-state index in [0.29, 0.717) is 27.3 Å². The molecule has 0 unspecified atom stereocenters. The van der Waals surface area contributed by atoms with E-state index >= 15 is 0 Å². The molecule has 0 saturated carbocycles. The van der Waals surface area contributed by atoms with Crippen LogP contribution >= 0.6 is 15.9 Å². The van der Waals surface area contributed by atoms with Crippen LogP contribution in [0.5, 0.6) is 17.2 Å². The van der Waals surface area contributed by atoms with E-state index < -0.39 is 21.7 Å². The second-order valence-corrected chi connectivity index (χ2v) is 9.77. The number of anilines is 1. The second-order valence-electron chi connectivity index (χ2n) is 7.16. The number of nitrogens with zero attached hydrogens (tertiary/aromatic N) is 1. The summed E-state index contributed by atoms with van der Waals surface area (Å²) in [6.07, 6.45) is 0. The number of carboxylic acid groups (broad SMARTS) is 1. The molecule has 0 aromatic heterocycles. The fraction of sp³-hybridized carbons (Fsp3) is 0.0870. The molecule has 2 heterocycles. The van der Waals surface area contributed by atoms with Crippen LogP contribution in [0.4, 0.5) is 5.69 Å². The van der Waals surface area contributed by atoms with Crippen LogP contribution in [-0.4, -0.2) is 63.0 Å². The number of halogens is 1. The Morgan fingerprint density at radius 3 is 2.50 bits per heavy atom. The van der Waals surface area contributed by atoms with E-state index in [1.807, 2.05) is 0 Å². The summed E-state index contributed by atoms with van der Waals surface area (Å²) >= 11 is 3.36. The number of aliphatic carboxylic acids is 1. The molecule has 0 aliphatic carbocycles. The monoisotopic (exact) mass is 553 g/mol. The van der Waals surface area contributed by atoms with Crippen LogP contribution in [0.2, 0.25) is 0 Å². The number of rotatable bonds is 4. The van der Waals surface area contributed by atoms with Gasteiger partial charge < -0.3 is 19.3 Å². The summed E-state index contributed by atoms with van der Waals surface area (Å²) in [7, 11) is -2.78. The van der Waals surface area contributed by atoms with Crippen molar-refractivity contribution in [2.75, 3.05) is 18.2 Å². The van der Waals surface area contributed by atoms with Gasteiger partial charge in [0.2, 0.25) is 12.5 Å². The first-order valence-corrected chi connectivity index (χ1v) is 11.9. The molecule has 1 N–H and O–H groups in total. The zero-order chi connectivity index (χ0) is 23.3. The molecule has 0 atom stereocenters. The summed E-state index contributed by atoms with van der Waals surface area (Å²) in [4.78, 5) is 12.6. The van der Waals surface area contributed by atoms with Crippen molar-refractivity contribution in [1.82, 2.24) is 0 Å². The maximum atomic E-state index is 13.7. The zero-order valence-electron chi connectivity index (χ0n) is 17.1. The molecular weight excluding hydrogens is 537 g/mol. The number of hydrogen-bond donors (Lipinski definition) is 1. The SMILES string of the molecule is COc1cc(C2=C(C(=O)O)N(c3ccccc3Br)S(=O)(=O)c3ccccc32)cc2c1OCO2.[NaH]. The first-order chi connectivity index (χ1) is 15.8. The van der Waals surface area contributed by atoms with Crippen LogP contribution in [0.15, 0.2) is 75.7 Å². The number of para-hydroxylation sites is 1. The first kappa shape index (κ1) is 24.6. The second kappa shape index (κ2) is 9.27. The van der Waals surface area contributed by atoms with E-state index in [2.05, 4.69) is 15.9 Å². The molecule has 0 radical (unpaired) electrons. The predicted molar refractivity (Wildman–Crippen MR) is 130 cm³/mol. The predicted octanol–water partition coefficient (Wildman–Crippen LogP) is 3.59. The molecule has 5 rings (SSSR count). The van der Waals surface area contributed by atoms with Gasteiger partial charge in [0.1, 0.15) is 0 Å². The molecule has 34 heavy (non-hydrogen) atoms. The fourth-order valence-electron chi connectivity index (χ4n) is 3.97. The number of carbonyl (C=O) groups is 1. The Bertz CT molecular complexity index is 1460. The van der Waals surface area contributed by atoms with Crippen LogP contribution in [0.1, 0.15) is 11.1 Å². The number of fused-ring (bicyclic) bond motifs is 2. The van der Waals surface area contributed by atoms with E-state index in [4.69, 9.17) is 14.2 Å². The van der Waals surface area contributed by atoms with Crippen molar-refractivity contribution < 1.29 is 32.5 Å². The Hall–Kier alpha value is -2.50. The molecule has 2 aliphatic rings. The van der Waals surface area contributed by atoms with Crippen LogP contribution in [0, 0.1) is 0 Å². The molecule has 3 aromatic carbocycles. The molecule has 0 amide bonds. The standard InChI is InChI=1S/C23H16BrNO7S.Na.H/c1-30-17-10-13(11-18-22(17)32-12-31-18)20-14-6-2-5-9-19(14)33(28,29)25(21(20)23(26)27)16-8-4-3-7-15(16)24;;/h2-11H,12H2,1H3,(H,26,27);;. The van der Waals surface area contributed by atoms with Crippen LogP contribution in [0.25, 0.3) is 5.57 Å². The summed E-state index contributed by atoms with van der Waals surface area (Å²) < 4.78 is 45.1. The molecule has 0 fully saturated rings. The average molecular weight is 554 g/mol. The molecule has 170 valence electrons. The van der Waals surface area contributed by atoms with Crippen molar-refractivity contribution in [3.05, 3.63) is 82.0 Å². The molecule has 2 aliphatic heterocycles. The van der Waals surface area contributed by atoms with E-state index in [1.165, 1.54) is 19.2 Å². The van der Waals surface area contributed by atoms with Crippen molar-refractivity contribution >= 4 is 72.7 Å². The Morgan fingerprint density at radius 2 is 1.79 bits per heavy atom. The van der Waals surface area contributed by atoms with Gasteiger partial charge in [0.05, 0.1) is 17.7 Å². The fourth-order valence-corrected chi connectivity index (χ4v) is 6.27. The summed E-state index contributed by atoms with van der Waals surface area (Å²) in [5.41, 5.74) is 0.642. The van der Waals surface area contributed by atoms with Gasteiger partial charge in [-0.3, -0.25) is 0 Å². The summed E-state index contributed by atoms with van der Waals surface area (Å²) in [5.74, 6) is -0.288. The molecular formula is C23H17BrNNaO7S. The van der Waals surface area contributed by atoms with E-state index in [-0.39, 0.29) is 58.1 Å².